The minimum atomic E-state index is -3.88. The van der Waals surface area contributed by atoms with E-state index in [4.69, 9.17) is 9.47 Å². The number of rotatable bonds is 7. The Morgan fingerprint density at radius 3 is 2.35 bits per heavy atom. The summed E-state index contributed by atoms with van der Waals surface area (Å²) in [5.41, 5.74) is 2.26. The molecule has 26 heavy (non-hydrogen) atoms. The number of sulfonamides is 1. The quantitative estimate of drug-likeness (QED) is 0.802. The van der Waals surface area contributed by atoms with Gasteiger partial charge in [-0.25, -0.2) is 13.1 Å². The van der Waals surface area contributed by atoms with E-state index in [9.17, 15) is 13.2 Å². The lowest BCUT2D eigenvalue weighted by molar-refractivity contribution is -0.119. The third kappa shape index (κ3) is 4.76. The molecular formula is C19H23NO5S. The SMILES string of the molecule is COc1ccc(CCC(=O)NS(=O)(=O)c2cc(C)ccc2C)cc1OC. The first-order valence-corrected chi connectivity index (χ1v) is 9.59. The highest BCUT2D eigenvalue weighted by Crippen LogP contribution is 2.28. The number of nitrogens with one attached hydrogen (secondary N) is 1. The fourth-order valence-electron chi connectivity index (χ4n) is 2.55. The predicted molar refractivity (Wildman–Crippen MR) is 99.1 cm³/mol. The number of methoxy groups -OCH3 is 2. The van der Waals surface area contributed by atoms with E-state index < -0.39 is 15.9 Å². The van der Waals surface area contributed by atoms with Gasteiger partial charge in [-0.1, -0.05) is 18.2 Å². The smallest absolute Gasteiger partial charge is 0.264 e. The standard InChI is InChI=1S/C19H23NO5S/c1-13-5-6-14(2)18(11-13)26(22,23)20-19(21)10-8-15-7-9-16(24-3)17(12-15)25-4/h5-7,9,11-12H,8,10H2,1-4H3,(H,20,21). The zero-order valence-electron chi connectivity index (χ0n) is 15.3. The number of hydrogen-bond acceptors (Lipinski definition) is 5. The van der Waals surface area contributed by atoms with Crippen LogP contribution in [0, 0.1) is 13.8 Å². The van der Waals surface area contributed by atoms with Crippen LogP contribution < -0.4 is 14.2 Å². The normalized spacial score (nSPS) is 11.1. The molecule has 0 aliphatic rings. The molecule has 0 spiro atoms. The molecule has 0 bridgehead atoms. The molecule has 1 amide bonds. The molecule has 7 heteroatoms. The van der Waals surface area contributed by atoms with Gasteiger partial charge in [0.15, 0.2) is 11.5 Å². The lowest BCUT2D eigenvalue weighted by Crippen LogP contribution is -2.31. The van der Waals surface area contributed by atoms with Gasteiger partial charge in [-0.2, -0.15) is 0 Å². The predicted octanol–water partition coefficient (Wildman–Crippen LogP) is 2.76. The van der Waals surface area contributed by atoms with Crippen LogP contribution in [0.15, 0.2) is 41.3 Å². The number of aryl methyl sites for hydroxylation is 3. The van der Waals surface area contributed by atoms with Gasteiger partial charge in [-0.05, 0) is 55.2 Å². The monoisotopic (exact) mass is 377 g/mol. The van der Waals surface area contributed by atoms with E-state index in [-0.39, 0.29) is 11.3 Å². The van der Waals surface area contributed by atoms with Crippen LogP contribution in [-0.2, 0) is 21.2 Å². The van der Waals surface area contributed by atoms with Crippen LogP contribution in [-0.4, -0.2) is 28.5 Å². The van der Waals surface area contributed by atoms with Crippen molar-refractivity contribution in [1.29, 1.82) is 0 Å². The zero-order valence-corrected chi connectivity index (χ0v) is 16.1. The summed E-state index contributed by atoms with van der Waals surface area (Å²) in [4.78, 5) is 12.3. The van der Waals surface area contributed by atoms with Crippen LogP contribution in [0.2, 0.25) is 0 Å². The molecule has 0 unspecified atom stereocenters. The number of hydrogen-bond donors (Lipinski definition) is 1. The molecule has 140 valence electrons. The number of ether oxygens (including phenoxy) is 2. The summed E-state index contributed by atoms with van der Waals surface area (Å²) in [6, 6.07) is 10.4. The molecule has 0 saturated heterocycles. The van der Waals surface area contributed by atoms with E-state index in [1.807, 2.05) is 12.1 Å². The molecule has 2 rings (SSSR count). The van der Waals surface area contributed by atoms with E-state index in [2.05, 4.69) is 4.72 Å². The van der Waals surface area contributed by atoms with Crippen molar-refractivity contribution in [3.8, 4) is 11.5 Å². The summed E-state index contributed by atoms with van der Waals surface area (Å²) < 4.78 is 37.4. The molecular weight excluding hydrogens is 354 g/mol. The molecule has 0 fully saturated rings. The highest BCUT2D eigenvalue weighted by Gasteiger charge is 2.20. The van der Waals surface area contributed by atoms with Crippen LogP contribution >= 0.6 is 0 Å². The van der Waals surface area contributed by atoms with Crippen LogP contribution in [0.1, 0.15) is 23.1 Å². The second kappa shape index (κ2) is 8.23. The molecule has 0 aliphatic carbocycles. The third-order valence-electron chi connectivity index (χ3n) is 3.97. The number of carbonyl (C=O) groups excluding carboxylic acids is 1. The van der Waals surface area contributed by atoms with Crippen LogP contribution in [0.4, 0.5) is 0 Å². The van der Waals surface area contributed by atoms with Crippen molar-refractivity contribution < 1.29 is 22.7 Å². The minimum Gasteiger partial charge on any atom is -0.493 e. The molecule has 0 heterocycles. The number of amides is 1. The van der Waals surface area contributed by atoms with Gasteiger partial charge < -0.3 is 9.47 Å². The van der Waals surface area contributed by atoms with Crippen molar-refractivity contribution in [3.63, 3.8) is 0 Å². The summed E-state index contributed by atoms with van der Waals surface area (Å²) >= 11 is 0. The fraction of sp³-hybridized carbons (Fsp3) is 0.316. The minimum absolute atomic E-state index is 0.0412. The molecule has 2 aromatic rings. The molecule has 2 aromatic carbocycles. The Morgan fingerprint density at radius 1 is 1.00 bits per heavy atom. The highest BCUT2D eigenvalue weighted by atomic mass is 32.2. The maximum atomic E-state index is 12.4. The Labute approximate surface area is 154 Å². The fourth-order valence-corrected chi connectivity index (χ4v) is 3.89. The second-order valence-electron chi connectivity index (χ2n) is 5.99. The van der Waals surface area contributed by atoms with Gasteiger partial charge in [0.05, 0.1) is 19.1 Å². The van der Waals surface area contributed by atoms with Crippen molar-refractivity contribution in [2.24, 2.45) is 0 Å². The molecule has 1 N–H and O–H groups in total. The molecule has 0 radical (unpaired) electrons. The Hall–Kier alpha value is -2.54. The Balaban J connectivity index is 2.06. The van der Waals surface area contributed by atoms with Gasteiger partial charge in [-0.3, -0.25) is 4.79 Å². The summed E-state index contributed by atoms with van der Waals surface area (Å²) in [6.07, 6.45) is 0.425. The van der Waals surface area contributed by atoms with E-state index in [0.717, 1.165) is 11.1 Å². The Morgan fingerprint density at radius 2 is 1.69 bits per heavy atom. The van der Waals surface area contributed by atoms with Gasteiger partial charge in [0.25, 0.3) is 10.0 Å². The zero-order chi connectivity index (χ0) is 19.3. The van der Waals surface area contributed by atoms with Crippen LogP contribution in [0.5, 0.6) is 11.5 Å². The average molecular weight is 377 g/mol. The number of benzene rings is 2. The summed E-state index contributed by atoms with van der Waals surface area (Å²) in [6.45, 7) is 3.50. The van der Waals surface area contributed by atoms with Gasteiger partial charge in [0, 0.05) is 6.42 Å². The molecule has 0 aliphatic heterocycles. The Bertz CT molecular complexity index is 906. The average Bonchev–Trinajstić information content (AvgIpc) is 2.61. The van der Waals surface area contributed by atoms with E-state index >= 15 is 0 Å². The molecule has 0 saturated carbocycles. The molecule has 0 atom stereocenters. The van der Waals surface area contributed by atoms with Crippen molar-refractivity contribution in [2.75, 3.05) is 14.2 Å². The maximum absolute atomic E-state index is 12.4. The lowest BCUT2D eigenvalue weighted by atomic mass is 10.1. The molecule has 6 nitrogen and oxygen atoms in total. The van der Waals surface area contributed by atoms with Crippen molar-refractivity contribution >= 4 is 15.9 Å². The van der Waals surface area contributed by atoms with E-state index in [1.165, 1.54) is 7.11 Å². The highest BCUT2D eigenvalue weighted by molar-refractivity contribution is 7.90. The summed E-state index contributed by atoms with van der Waals surface area (Å²) in [5.74, 6) is 0.604. The first-order valence-electron chi connectivity index (χ1n) is 8.10. The number of carbonyl (C=O) groups is 1. The summed E-state index contributed by atoms with van der Waals surface area (Å²) in [7, 11) is -0.807. The molecule has 0 aromatic heterocycles. The second-order valence-corrected chi connectivity index (χ2v) is 7.64. The topological polar surface area (TPSA) is 81.7 Å². The van der Waals surface area contributed by atoms with Crippen molar-refractivity contribution in [1.82, 2.24) is 4.72 Å². The van der Waals surface area contributed by atoms with Gasteiger partial charge >= 0.3 is 0 Å². The first kappa shape index (κ1) is 19.8. The van der Waals surface area contributed by atoms with Crippen LogP contribution in [0.3, 0.4) is 0 Å². The van der Waals surface area contributed by atoms with Crippen molar-refractivity contribution in [3.05, 3.63) is 53.1 Å². The first-order chi connectivity index (χ1) is 12.3. The van der Waals surface area contributed by atoms with Gasteiger partial charge in [-0.15, -0.1) is 0 Å². The Kier molecular flexibility index (Phi) is 6.26. The van der Waals surface area contributed by atoms with Gasteiger partial charge in [0.2, 0.25) is 5.91 Å². The van der Waals surface area contributed by atoms with Gasteiger partial charge in [0.1, 0.15) is 0 Å². The van der Waals surface area contributed by atoms with Crippen LogP contribution in [0.25, 0.3) is 0 Å². The lowest BCUT2D eigenvalue weighted by Gasteiger charge is -2.11. The largest absolute Gasteiger partial charge is 0.493 e. The summed E-state index contributed by atoms with van der Waals surface area (Å²) in [5, 5.41) is 0. The van der Waals surface area contributed by atoms with E-state index in [0.29, 0.717) is 23.5 Å². The third-order valence-corrected chi connectivity index (χ3v) is 5.49. The van der Waals surface area contributed by atoms with E-state index in [1.54, 1.807) is 45.2 Å². The van der Waals surface area contributed by atoms with Crippen molar-refractivity contribution in [2.45, 2.75) is 31.6 Å². The maximum Gasteiger partial charge on any atom is 0.264 e.